The van der Waals surface area contributed by atoms with Gasteiger partial charge in [-0.15, -0.1) is 11.3 Å². The van der Waals surface area contributed by atoms with Gasteiger partial charge in [0, 0.05) is 10.9 Å². The lowest BCUT2D eigenvalue weighted by Crippen LogP contribution is -2.25. The zero-order valence-electron chi connectivity index (χ0n) is 16.6. The minimum Gasteiger partial charge on any atom is -0.482 e. The van der Waals surface area contributed by atoms with E-state index < -0.39 is 0 Å². The molecule has 4 aromatic rings. The highest BCUT2D eigenvalue weighted by Gasteiger charge is 2.17. The van der Waals surface area contributed by atoms with Crippen LogP contribution in [0.1, 0.15) is 11.3 Å². The first-order valence-electron chi connectivity index (χ1n) is 9.62. The number of nitrogens with zero attached hydrogens (tertiary/aromatic N) is 3. The van der Waals surface area contributed by atoms with E-state index in [2.05, 4.69) is 10.4 Å². The summed E-state index contributed by atoms with van der Waals surface area (Å²) in [5.41, 5.74) is 4.36. The zero-order valence-corrected chi connectivity index (χ0v) is 17.4. The van der Waals surface area contributed by atoms with Crippen LogP contribution in [0.3, 0.4) is 0 Å². The van der Waals surface area contributed by atoms with Crippen molar-refractivity contribution in [1.29, 1.82) is 0 Å². The molecule has 2 aromatic carbocycles. The lowest BCUT2D eigenvalue weighted by Gasteiger charge is -2.18. The van der Waals surface area contributed by atoms with Crippen molar-refractivity contribution < 1.29 is 13.9 Å². The van der Waals surface area contributed by atoms with Crippen molar-refractivity contribution in [3.8, 4) is 17.0 Å². The second-order valence-corrected chi connectivity index (χ2v) is 7.81. The number of aryl methyl sites for hydroxylation is 1. The number of aromatic nitrogens is 1. The number of carbonyl (C=O) groups is 1. The summed E-state index contributed by atoms with van der Waals surface area (Å²) in [5.74, 6) is 1.11. The number of hydrogen-bond acceptors (Lipinski definition) is 6. The molecule has 1 amide bonds. The lowest BCUT2D eigenvalue weighted by molar-refractivity contribution is -0.118. The highest BCUT2D eigenvalue weighted by Crippen LogP contribution is 2.33. The third kappa shape index (κ3) is 4.06. The SMILES string of the molecule is Cc1ccc(N=c2scc(-c3ccc4c(c3)NC(=O)CO4)n2N=Cc2ccco2)cc1. The number of ether oxygens (including phenoxy) is 1. The topological polar surface area (TPSA) is 81.1 Å². The molecule has 154 valence electrons. The second-order valence-electron chi connectivity index (χ2n) is 6.97. The molecular weight excluding hydrogens is 412 g/mol. The predicted octanol–water partition coefficient (Wildman–Crippen LogP) is 4.56. The number of furan rings is 1. The van der Waals surface area contributed by atoms with Crippen LogP contribution in [0.2, 0.25) is 0 Å². The van der Waals surface area contributed by atoms with Gasteiger partial charge < -0.3 is 14.5 Å². The Hall–Kier alpha value is -3.91. The highest BCUT2D eigenvalue weighted by molar-refractivity contribution is 7.07. The molecule has 0 spiro atoms. The normalized spacial score (nSPS) is 13.8. The average Bonchev–Trinajstić information content (AvgIpc) is 3.43. The molecule has 1 aliphatic rings. The molecule has 0 bridgehead atoms. The summed E-state index contributed by atoms with van der Waals surface area (Å²) in [4.78, 5) is 17.2. The third-order valence-electron chi connectivity index (χ3n) is 4.70. The number of thiazole rings is 1. The summed E-state index contributed by atoms with van der Waals surface area (Å²) in [6.07, 6.45) is 3.25. The molecule has 5 rings (SSSR count). The number of rotatable bonds is 4. The van der Waals surface area contributed by atoms with Crippen molar-refractivity contribution in [2.45, 2.75) is 6.92 Å². The highest BCUT2D eigenvalue weighted by atomic mass is 32.1. The maximum absolute atomic E-state index is 11.7. The minimum atomic E-state index is -0.172. The lowest BCUT2D eigenvalue weighted by atomic mass is 10.1. The molecule has 0 saturated heterocycles. The van der Waals surface area contributed by atoms with Gasteiger partial charge in [0.2, 0.25) is 4.80 Å². The molecule has 1 aliphatic heterocycles. The van der Waals surface area contributed by atoms with Gasteiger partial charge in [0.1, 0.15) is 11.5 Å². The fraction of sp³-hybridized carbons (Fsp3) is 0.0870. The molecule has 8 heteroatoms. The Morgan fingerprint density at radius 1 is 1.16 bits per heavy atom. The van der Waals surface area contributed by atoms with Gasteiger partial charge in [-0.25, -0.2) is 9.67 Å². The van der Waals surface area contributed by atoms with Crippen molar-refractivity contribution in [3.05, 3.63) is 82.4 Å². The van der Waals surface area contributed by atoms with Crippen molar-refractivity contribution in [1.82, 2.24) is 4.68 Å². The van der Waals surface area contributed by atoms with Gasteiger partial charge in [-0.3, -0.25) is 4.79 Å². The molecular formula is C23H18N4O3S. The molecule has 7 nitrogen and oxygen atoms in total. The summed E-state index contributed by atoms with van der Waals surface area (Å²) in [6.45, 7) is 2.07. The summed E-state index contributed by atoms with van der Waals surface area (Å²) in [7, 11) is 0. The van der Waals surface area contributed by atoms with Crippen LogP contribution in [0.25, 0.3) is 11.3 Å². The molecule has 0 saturated carbocycles. The van der Waals surface area contributed by atoms with E-state index in [4.69, 9.17) is 14.1 Å². The second kappa shape index (κ2) is 8.08. The number of fused-ring (bicyclic) bond motifs is 1. The predicted molar refractivity (Wildman–Crippen MR) is 120 cm³/mol. The first-order chi connectivity index (χ1) is 15.2. The zero-order chi connectivity index (χ0) is 21.2. The number of amides is 1. The Bertz CT molecular complexity index is 1330. The Morgan fingerprint density at radius 2 is 2.03 bits per heavy atom. The first kappa shape index (κ1) is 19.1. The van der Waals surface area contributed by atoms with Crippen molar-refractivity contribution in [3.63, 3.8) is 0 Å². The van der Waals surface area contributed by atoms with Gasteiger partial charge in [0.25, 0.3) is 5.91 Å². The monoisotopic (exact) mass is 430 g/mol. The van der Waals surface area contributed by atoms with Crippen LogP contribution in [0, 0.1) is 6.92 Å². The molecule has 0 fully saturated rings. The van der Waals surface area contributed by atoms with E-state index in [-0.39, 0.29) is 12.5 Å². The van der Waals surface area contributed by atoms with E-state index in [0.717, 1.165) is 16.9 Å². The van der Waals surface area contributed by atoms with Crippen molar-refractivity contribution in [2.24, 2.45) is 10.1 Å². The van der Waals surface area contributed by atoms with Crippen molar-refractivity contribution in [2.75, 3.05) is 11.9 Å². The van der Waals surface area contributed by atoms with Gasteiger partial charge in [-0.1, -0.05) is 17.7 Å². The standard InChI is InChI=1S/C23H18N4O3S/c1-15-4-7-17(8-5-15)25-23-27(24-12-18-3-2-10-29-18)20(14-31-23)16-6-9-21-19(11-16)26-22(28)13-30-21/h2-12,14H,13H2,1H3,(H,26,28). The summed E-state index contributed by atoms with van der Waals surface area (Å²) in [5, 5.41) is 9.46. The van der Waals surface area contributed by atoms with Crippen LogP contribution in [0.4, 0.5) is 11.4 Å². The van der Waals surface area contributed by atoms with Crippen LogP contribution >= 0.6 is 11.3 Å². The van der Waals surface area contributed by atoms with E-state index in [1.165, 1.54) is 16.9 Å². The maximum atomic E-state index is 11.7. The molecule has 1 N–H and O–H groups in total. The molecule has 0 unspecified atom stereocenters. The number of nitrogens with one attached hydrogen (secondary N) is 1. The van der Waals surface area contributed by atoms with Crippen LogP contribution in [0.5, 0.6) is 5.75 Å². The molecule has 0 radical (unpaired) electrons. The molecule has 0 atom stereocenters. The van der Waals surface area contributed by atoms with Crippen LogP contribution in [-0.2, 0) is 4.79 Å². The Labute approximate surface area is 182 Å². The van der Waals surface area contributed by atoms with Gasteiger partial charge in [-0.05, 0) is 49.4 Å². The molecule has 31 heavy (non-hydrogen) atoms. The van der Waals surface area contributed by atoms with Crippen LogP contribution < -0.4 is 14.9 Å². The van der Waals surface area contributed by atoms with E-state index in [1.54, 1.807) is 17.2 Å². The number of hydrogen-bond donors (Lipinski definition) is 1. The average molecular weight is 430 g/mol. The number of carbonyl (C=O) groups excluding carboxylic acids is 1. The molecule has 0 aliphatic carbocycles. The molecule has 2 aromatic heterocycles. The van der Waals surface area contributed by atoms with E-state index >= 15 is 0 Å². The van der Waals surface area contributed by atoms with Gasteiger partial charge in [-0.2, -0.15) is 5.10 Å². The third-order valence-corrected chi connectivity index (χ3v) is 5.51. The number of anilines is 1. The van der Waals surface area contributed by atoms with Gasteiger partial charge >= 0.3 is 0 Å². The van der Waals surface area contributed by atoms with Crippen LogP contribution in [0.15, 0.2) is 80.8 Å². The Balaban J connectivity index is 1.62. The van der Waals surface area contributed by atoms with Crippen molar-refractivity contribution >= 4 is 34.8 Å². The van der Waals surface area contributed by atoms with Gasteiger partial charge in [0.05, 0.1) is 29.5 Å². The van der Waals surface area contributed by atoms with E-state index in [0.29, 0.717) is 22.0 Å². The van der Waals surface area contributed by atoms with E-state index in [1.807, 2.05) is 66.9 Å². The Kier molecular flexibility index (Phi) is 4.97. The number of benzene rings is 2. The fourth-order valence-electron chi connectivity index (χ4n) is 3.14. The smallest absolute Gasteiger partial charge is 0.262 e. The van der Waals surface area contributed by atoms with Crippen LogP contribution in [-0.4, -0.2) is 23.4 Å². The largest absolute Gasteiger partial charge is 0.482 e. The van der Waals surface area contributed by atoms with E-state index in [9.17, 15) is 4.79 Å². The quantitative estimate of drug-likeness (QED) is 0.482. The summed E-state index contributed by atoms with van der Waals surface area (Å²) < 4.78 is 12.6. The maximum Gasteiger partial charge on any atom is 0.262 e. The minimum absolute atomic E-state index is 0.0256. The first-order valence-corrected chi connectivity index (χ1v) is 10.5. The summed E-state index contributed by atoms with van der Waals surface area (Å²) >= 11 is 1.48. The Morgan fingerprint density at radius 3 is 2.84 bits per heavy atom. The molecule has 3 heterocycles. The summed E-state index contributed by atoms with van der Waals surface area (Å²) in [6, 6.07) is 17.3. The fourth-order valence-corrected chi connectivity index (χ4v) is 3.99. The van der Waals surface area contributed by atoms with Gasteiger partial charge in [0.15, 0.2) is 6.61 Å².